The van der Waals surface area contributed by atoms with E-state index in [0.29, 0.717) is 18.9 Å². The van der Waals surface area contributed by atoms with Crippen LogP contribution in [0.2, 0.25) is 0 Å². The molecule has 0 bridgehead atoms. The van der Waals surface area contributed by atoms with Crippen LogP contribution in [0.3, 0.4) is 0 Å². The number of aromatic nitrogens is 2. The summed E-state index contributed by atoms with van der Waals surface area (Å²) in [6.07, 6.45) is 1.74. The minimum absolute atomic E-state index is 0.0652. The second-order valence-corrected chi connectivity index (χ2v) is 4.53. The molecule has 20 heavy (non-hydrogen) atoms. The number of rotatable bonds is 2. The summed E-state index contributed by atoms with van der Waals surface area (Å²) in [5.74, 6) is -2.16. The summed E-state index contributed by atoms with van der Waals surface area (Å²) in [6.45, 7) is 0.467. The number of hydrogen-bond acceptors (Lipinski definition) is 3. The lowest BCUT2D eigenvalue weighted by Gasteiger charge is -2.26. The third-order valence-electron chi connectivity index (χ3n) is 3.32. The molecule has 0 saturated carbocycles. The van der Waals surface area contributed by atoms with Gasteiger partial charge in [-0.25, -0.2) is 18.6 Å². The molecule has 3 rings (SSSR count). The van der Waals surface area contributed by atoms with E-state index in [1.165, 1.54) is 29.0 Å². The van der Waals surface area contributed by atoms with Gasteiger partial charge in [-0.05, 0) is 18.6 Å². The molecule has 2 aromatic rings. The Labute approximate surface area is 112 Å². The van der Waals surface area contributed by atoms with Crippen LogP contribution < -0.4 is 5.32 Å². The minimum atomic E-state index is -1.18. The van der Waals surface area contributed by atoms with E-state index >= 15 is 0 Å². The predicted octanol–water partition coefficient (Wildman–Crippen LogP) is 2.26. The van der Waals surface area contributed by atoms with Crippen LogP contribution in [0, 0.1) is 11.6 Å². The van der Waals surface area contributed by atoms with Gasteiger partial charge < -0.3 is 15.0 Å². The van der Waals surface area contributed by atoms with Gasteiger partial charge in [0.2, 0.25) is 5.95 Å². The highest BCUT2D eigenvalue weighted by molar-refractivity contribution is 5.85. The molecule has 5 nitrogen and oxygen atoms in total. The maximum Gasteiger partial charge on any atom is 0.356 e. The van der Waals surface area contributed by atoms with E-state index in [1.807, 2.05) is 0 Å². The lowest BCUT2D eigenvalue weighted by Crippen LogP contribution is -2.24. The second kappa shape index (κ2) is 4.59. The van der Waals surface area contributed by atoms with Crippen molar-refractivity contribution in [3.05, 3.63) is 47.3 Å². The second-order valence-electron chi connectivity index (χ2n) is 4.53. The van der Waals surface area contributed by atoms with Gasteiger partial charge in [-0.3, -0.25) is 0 Å². The number of halogens is 2. The Hall–Kier alpha value is -2.44. The van der Waals surface area contributed by atoms with Gasteiger partial charge in [0, 0.05) is 18.3 Å². The standard InChI is InChI=1S/C13H11F2N3O2/c14-7-2-1-3-8(15)11(7)10-4-5-16-13-17-9(12(19)20)6-18(10)13/h1-3,6,10H,4-5H2,(H,16,17)(H,19,20). The zero-order chi connectivity index (χ0) is 14.3. The van der Waals surface area contributed by atoms with Crippen molar-refractivity contribution in [3.8, 4) is 0 Å². The van der Waals surface area contributed by atoms with Gasteiger partial charge in [0.25, 0.3) is 0 Å². The number of nitrogens with zero attached hydrogens (tertiary/aromatic N) is 2. The Morgan fingerprint density at radius 3 is 2.75 bits per heavy atom. The lowest BCUT2D eigenvalue weighted by molar-refractivity contribution is 0.0691. The molecule has 2 heterocycles. The Kier molecular flexibility index (Phi) is 2.89. The molecule has 1 aromatic heterocycles. The number of fused-ring (bicyclic) bond motifs is 1. The predicted molar refractivity (Wildman–Crippen MR) is 66.8 cm³/mol. The molecule has 1 aliphatic rings. The largest absolute Gasteiger partial charge is 0.476 e. The van der Waals surface area contributed by atoms with E-state index in [1.54, 1.807) is 0 Å². The Balaban J connectivity index is 2.12. The number of aromatic carboxylic acids is 1. The summed E-state index contributed by atoms with van der Waals surface area (Å²) in [5.41, 5.74) is -0.222. The fourth-order valence-electron chi connectivity index (χ4n) is 2.44. The smallest absolute Gasteiger partial charge is 0.356 e. The van der Waals surface area contributed by atoms with Crippen LogP contribution in [0.5, 0.6) is 0 Å². The molecule has 2 N–H and O–H groups in total. The third-order valence-corrected chi connectivity index (χ3v) is 3.32. The fraction of sp³-hybridized carbons (Fsp3) is 0.231. The monoisotopic (exact) mass is 279 g/mol. The first-order valence-corrected chi connectivity index (χ1v) is 6.08. The highest BCUT2D eigenvalue weighted by Crippen LogP contribution is 2.32. The number of carboxylic acid groups (broad SMARTS) is 1. The molecule has 1 aromatic carbocycles. The van der Waals surface area contributed by atoms with Gasteiger partial charge in [-0.1, -0.05) is 6.07 Å². The third kappa shape index (κ3) is 1.91. The molecule has 0 amide bonds. The van der Waals surface area contributed by atoms with Crippen LogP contribution in [0.1, 0.15) is 28.5 Å². The first-order valence-electron chi connectivity index (χ1n) is 6.08. The summed E-state index contributed by atoms with van der Waals surface area (Å²) in [7, 11) is 0. The van der Waals surface area contributed by atoms with Crippen molar-refractivity contribution in [2.45, 2.75) is 12.5 Å². The van der Waals surface area contributed by atoms with Crippen molar-refractivity contribution in [2.24, 2.45) is 0 Å². The first kappa shape index (κ1) is 12.6. The van der Waals surface area contributed by atoms with Gasteiger partial charge in [0.05, 0.1) is 6.04 Å². The molecular weight excluding hydrogens is 268 g/mol. The molecule has 1 atom stereocenters. The Bertz CT molecular complexity index is 664. The van der Waals surface area contributed by atoms with Gasteiger partial charge in [0.15, 0.2) is 5.69 Å². The van der Waals surface area contributed by atoms with Crippen molar-refractivity contribution in [1.29, 1.82) is 0 Å². The molecule has 7 heteroatoms. The van der Waals surface area contributed by atoms with Crippen LogP contribution in [0.4, 0.5) is 14.7 Å². The van der Waals surface area contributed by atoms with E-state index in [2.05, 4.69) is 10.3 Å². The van der Waals surface area contributed by atoms with E-state index in [4.69, 9.17) is 5.11 Å². The van der Waals surface area contributed by atoms with E-state index in [9.17, 15) is 13.6 Å². The van der Waals surface area contributed by atoms with E-state index in [0.717, 1.165) is 0 Å². The summed E-state index contributed by atoms with van der Waals surface area (Å²) in [4.78, 5) is 14.8. The van der Waals surface area contributed by atoms with Gasteiger partial charge >= 0.3 is 5.97 Å². The molecule has 0 fully saturated rings. The molecule has 0 saturated heterocycles. The molecule has 0 aliphatic carbocycles. The van der Waals surface area contributed by atoms with Crippen LogP contribution in [-0.4, -0.2) is 27.2 Å². The zero-order valence-electron chi connectivity index (χ0n) is 10.3. The molecule has 0 spiro atoms. The number of carbonyl (C=O) groups is 1. The van der Waals surface area contributed by atoms with Gasteiger partial charge in [-0.15, -0.1) is 0 Å². The van der Waals surface area contributed by atoms with Crippen LogP contribution in [0.15, 0.2) is 24.4 Å². The Morgan fingerprint density at radius 1 is 1.40 bits per heavy atom. The molecule has 1 aliphatic heterocycles. The number of hydrogen-bond donors (Lipinski definition) is 2. The number of imidazole rings is 1. The number of benzene rings is 1. The average Bonchev–Trinajstić information content (AvgIpc) is 2.83. The molecular formula is C13H11F2N3O2. The topological polar surface area (TPSA) is 67.1 Å². The van der Waals surface area contributed by atoms with Crippen molar-refractivity contribution in [2.75, 3.05) is 11.9 Å². The van der Waals surface area contributed by atoms with Gasteiger partial charge in [-0.2, -0.15) is 0 Å². The average molecular weight is 279 g/mol. The molecule has 104 valence electrons. The SMILES string of the molecule is O=C(O)c1cn2c(n1)NCCC2c1c(F)cccc1F. The van der Waals surface area contributed by atoms with Gasteiger partial charge in [0.1, 0.15) is 11.6 Å². The summed E-state index contributed by atoms with van der Waals surface area (Å²) in [5, 5.41) is 11.9. The maximum atomic E-state index is 13.9. The number of nitrogens with one attached hydrogen (secondary N) is 1. The minimum Gasteiger partial charge on any atom is -0.476 e. The van der Waals surface area contributed by atoms with Crippen molar-refractivity contribution >= 4 is 11.9 Å². The van der Waals surface area contributed by atoms with Crippen molar-refractivity contribution in [1.82, 2.24) is 9.55 Å². The van der Waals surface area contributed by atoms with Crippen LogP contribution in [0.25, 0.3) is 0 Å². The fourth-order valence-corrected chi connectivity index (χ4v) is 2.44. The molecule has 0 radical (unpaired) electrons. The van der Waals surface area contributed by atoms with E-state index in [-0.39, 0.29) is 11.3 Å². The van der Waals surface area contributed by atoms with Crippen molar-refractivity contribution in [3.63, 3.8) is 0 Å². The summed E-state index contributed by atoms with van der Waals surface area (Å²) in [6, 6.07) is 3.07. The highest BCUT2D eigenvalue weighted by atomic mass is 19.1. The summed E-state index contributed by atoms with van der Waals surface area (Å²) >= 11 is 0. The summed E-state index contributed by atoms with van der Waals surface area (Å²) < 4.78 is 29.2. The number of carboxylic acids is 1. The van der Waals surface area contributed by atoms with Crippen LogP contribution in [-0.2, 0) is 0 Å². The van der Waals surface area contributed by atoms with Crippen LogP contribution >= 0.6 is 0 Å². The lowest BCUT2D eigenvalue weighted by atomic mass is 10.0. The number of anilines is 1. The Morgan fingerprint density at radius 2 is 2.10 bits per heavy atom. The maximum absolute atomic E-state index is 13.9. The van der Waals surface area contributed by atoms with E-state index < -0.39 is 23.6 Å². The molecule has 1 unspecified atom stereocenters. The quantitative estimate of drug-likeness (QED) is 0.885. The first-order chi connectivity index (χ1) is 9.58. The normalized spacial score (nSPS) is 17.4. The van der Waals surface area contributed by atoms with Crippen molar-refractivity contribution < 1.29 is 18.7 Å². The highest BCUT2D eigenvalue weighted by Gasteiger charge is 2.28. The zero-order valence-corrected chi connectivity index (χ0v) is 10.3.